The fourth-order valence-electron chi connectivity index (χ4n) is 2.54. The van der Waals surface area contributed by atoms with Crippen LogP contribution in [0.1, 0.15) is 5.56 Å². The van der Waals surface area contributed by atoms with Crippen LogP contribution in [-0.4, -0.2) is 9.55 Å². The first-order valence-corrected chi connectivity index (χ1v) is 7.79. The number of aromatic nitrogens is 2. The maximum Gasteiger partial charge on any atom is 0.0949 e. The van der Waals surface area contributed by atoms with Gasteiger partial charge in [0.05, 0.1) is 6.33 Å². The molecule has 0 saturated heterocycles. The molecule has 3 heteroatoms. The van der Waals surface area contributed by atoms with Gasteiger partial charge in [-0.2, -0.15) is 0 Å². The van der Waals surface area contributed by atoms with E-state index in [1.807, 2.05) is 18.7 Å². The van der Waals surface area contributed by atoms with E-state index in [1.165, 1.54) is 26.8 Å². The maximum absolute atomic E-state index is 4.07. The smallest absolute Gasteiger partial charge is 0.0949 e. The van der Waals surface area contributed by atoms with Gasteiger partial charge in [-0.05, 0) is 45.7 Å². The highest BCUT2D eigenvalue weighted by atomic mass is 32.1. The number of hydrogen-bond acceptors (Lipinski definition) is 2. The second kappa shape index (κ2) is 5.19. The number of rotatable bonds is 3. The zero-order chi connectivity index (χ0) is 14.1. The van der Waals surface area contributed by atoms with Gasteiger partial charge in [-0.3, -0.25) is 0 Å². The van der Waals surface area contributed by atoms with Crippen LogP contribution in [0.5, 0.6) is 0 Å². The first-order valence-electron chi connectivity index (χ1n) is 6.91. The first kappa shape index (κ1) is 12.4. The molecule has 0 unspecified atom stereocenters. The van der Waals surface area contributed by atoms with E-state index in [-0.39, 0.29) is 0 Å². The van der Waals surface area contributed by atoms with Crippen LogP contribution in [-0.2, 0) is 6.54 Å². The van der Waals surface area contributed by atoms with Crippen LogP contribution in [0.4, 0.5) is 0 Å². The van der Waals surface area contributed by atoms with Crippen molar-refractivity contribution in [3.63, 3.8) is 0 Å². The summed E-state index contributed by atoms with van der Waals surface area (Å²) in [6, 6.07) is 17.6. The zero-order valence-electron chi connectivity index (χ0n) is 11.4. The van der Waals surface area contributed by atoms with E-state index in [1.54, 1.807) is 11.3 Å². The molecular weight excluding hydrogens is 276 g/mol. The van der Waals surface area contributed by atoms with Crippen LogP contribution in [0.2, 0.25) is 0 Å². The SMILES string of the molecule is c1cn(Cc2ccc(-c3ccc4sccc4c3)cc2)cn1. The van der Waals surface area contributed by atoms with E-state index >= 15 is 0 Å². The molecule has 0 fully saturated rings. The molecule has 0 amide bonds. The largest absolute Gasteiger partial charge is 0.333 e. The number of benzene rings is 2. The van der Waals surface area contributed by atoms with Gasteiger partial charge < -0.3 is 4.57 Å². The molecule has 0 aliphatic rings. The monoisotopic (exact) mass is 290 g/mol. The molecule has 2 aromatic heterocycles. The van der Waals surface area contributed by atoms with Crippen LogP contribution in [0.3, 0.4) is 0 Å². The van der Waals surface area contributed by atoms with Gasteiger partial charge in [-0.1, -0.05) is 30.3 Å². The van der Waals surface area contributed by atoms with Crippen LogP contribution in [0, 0.1) is 0 Å². The van der Waals surface area contributed by atoms with E-state index in [4.69, 9.17) is 0 Å². The Bertz CT molecular complexity index is 858. The molecule has 2 nitrogen and oxygen atoms in total. The molecule has 4 rings (SSSR count). The van der Waals surface area contributed by atoms with Crippen molar-refractivity contribution in [1.29, 1.82) is 0 Å². The molecule has 0 spiro atoms. The Balaban J connectivity index is 1.63. The van der Waals surface area contributed by atoms with E-state index < -0.39 is 0 Å². The minimum atomic E-state index is 0.865. The lowest BCUT2D eigenvalue weighted by molar-refractivity contribution is 0.797. The van der Waals surface area contributed by atoms with E-state index in [0.29, 0.717) is 0 Å². The molecule has 2 heterocycles. The Kier molecular flexibility index (Phi) is 3.05. The van der Waals surface area contributed by atoms with Gasteiger partial charge in [-0.15, -0.1) is 11.3 Å². The average molecular weight is 290 g/mol. The van der Waals surface area contributed by atoms with Crippen LogP contribution >= 0.6 is 11.3 Å². The molecule has 2 aromatic carbocycles. The van der Waals surface area contributed by atoms with Crippen LogP contribution in [0.25, 0.3) is 21.2 Å². The highest BCUT2D eigenvalue weighted by Gasteiger charge is 2.01. The Morgan fingerprint density at radius 3 is 2.62 bits per heavy atom. The van der Waals surface area contributed by atoms with Crippen molar-refractivity contribution in [3.05, 3.63) is 78.2 Å². The Hall–Kier alpha value is -2.39. The summed E-state index contributed by atoms with van der Waals surface area (Å²) in [5, 5.41) is 3.46. The minimum absolute atomic E-state index is 0.865. The Morgan fingerprint density at radius 2 is 1.81 bits per heavy atom. The van der Waals surface area contributed by atoms with Crippen molar-refractivity contribution in [2.24, 2.45) is 0 Å². The summed E-state index contributed by atoms with van der Waals surface area (Å²) >= 11 is 1.79. The third-order valence-electron chi connectivity index (χ3n) is 3.66. The molecular formula is C18H14N2S. The van der Waals surface area contributed by atoms with E-state index in [0.717, 1.165) is 6.54 Å². The number of thiophene rings is 1. The highest BCUT2D eigenvalue weighted by Crippen LogP contribution is 2.27. The lowest BCUT2D eigenvalue weighted by atomic mass is 10.0. The van der Waals surface area contributed by atoms with Gasteiger partial charge in [0.25, 0.3) is 0 Å². The zero-order valence-corrected chi connectivity index (χ0v) is 12.3. The summed E-state index contributed by atoms with van der Waals surface area (Å²) in [6.07, 6.45) is 5.64. The fourth-order valence-corrected chi connectivity index (χ4v) is 3.31. The second-order valence-electron chi connectivity index (χ2n) is 5.11. The van der Waals surface area contributed by atoms with E-state index in [2.05, 4.69) is 63.5 Å². The summed E-state index contributed by atoms with van der Waals surface area (Å²) < 4.78 is 3.42. The second-order valence-corrected chi connectivity index (χ2v) is 6.05. The summed E-state index contributed by atoms with van der Waals surface area (Å²) in [5.41, 5.74) is 3.82. The normalized spacial score (nSPS) is 11.0. The van der Waals surface area contributed by atoms with Crippen molar-refractivity contribution in [3.8, 4) is 11.1 Å². The van der Waals surface area contributed by atoms with Gasteiger partial charge in [-0.25, -0.2) is 4.98 Å². The van der Waals surface area contributed by atoms with Crippen molar-refractivity contribution >= 4 is 21.4 Å². The van der Waals surface area contributed by atoms with E-state index in [9.17, 15) is 0 Å². The maximum atomic E-state index is 4.07. The summed E-state index contributed by atoms with van der Waals surface area (Å²) in [4.78, 5) is 4.07. The predicted molar refractivity (Wildman–Crippen MR) is 88.6 cm³/mol. The van der Waals surface area contributed by atoms with Gasteiger partial charge >= 0.3 is 0 Å². The highest BCUT2D eigenvalue weighted by molar-refractivity contribution is 7.17. The van der Waals surface area contributed by atoms with Gasteiger partial charge in [0.2, 0.25) is 0 Å². The molecule has 0 aliphatic carbocycles. The lowest BCUT2D eigenvalue weighted by Gasteiger charge is -2.06. The molecule has 0 radical (unpaired) electrons. The summed E-state index contributed by atoms with van der Waals surface area (Å²) in [5.74, 6) is 0. The molecule has 21 heavy (non-hydrogen) atoms. The topological polar surface area (TPSA) is 17.8 Å². The Labute approximate surface area is 127 Å². The lowest BCUT2D eigenvalue weighted by Crippen LogP contribution is -1.95. The minimum Gasteiger partial charge on any atom is -0.333 e. The van der Waals surface area contributed by atoms with Gasteiger partial charge in [0.15, 0.2) is 0 Å². The van der Waals surface area contributed by atoms with Crippen LogP contribution in [0.15, 0.2) is 72.6 Å². The third-order valence-corrected chi connectivity index (χ3v) is 4.56. The fraction of sp³-hybridized carbons (Fsp3) is 0.0556. The molecule has 0 aliphatic heterocycles. The van der Waals surface area contributed by atoms with Gasteiger partial charge in [0.1, 0.15) is 0 Å². The van der Waals surface area contributed by atoms with Crippen molar-refractivity contribution in [1.82, 2.24) is 9.55 Å². The molecule has 0 atom stereocenters. The molecule has 4 aromatic rings. The quantitative estimate of drug-likeness (QED) is 0.529. The summed E-state index contributed by atoms with van der Waals surface area (Å²) in [6.45, 7) is 0.865. The van der Waals surface area contributed by atoms with Crippen molar-refractivity contribution in [2.75, 3.05) is 0 Å². The average Bonchev–Trinajstić information content (AvgIpc) is 3.18. The summed E-state index contributed by atoms with van der Waals surface area (Å²) in [7, 11) is 0. The molecule has 102 valence electrons. The number of fused-ring (bicyclic) bond motifs is 1. The number of imidazole rings is 1. The standard InChI is InChI=1S/C18H14N2S/c1-3-15(4-2-14(1)12-20-9-8-19-13-20)16-5-6-18-17(11-16)7-10-21-18/h1-11,13H,12H2. The first-order chi connectivity index (χ1) is 10.4. The molecule has 0 bridgehead atoms. The molecule has 0 saturated carbocycles. The number of nitrogens with zero attached hydrogens (tertiary/aromatic N) is 2. The number of hydrogen-bond donors (Lipinski definition) is 0. The third kappa shape index (κ3) is 2.48. The van der Waals surface area contributed by atoms with Crippen molar-refractivity contribution in [2.45, 2.75) is 6.54 Å². The van der Waals surface area contributed by atoms with Gasteiger partial charge in [0, 0.05) is 23.6 Å². The Morgan fingerprint density at radius 1 is 0.952 bits per heavy atom. The molecule has 0 N–H and O–H groups in total. The van der Waals surface area contributed by atoms with Crippen molar-refractivity contribution < 1.29 is 0 Å². The predicted octanol–water partition coefficient (Wildman–Crippen LogP) is 4.81. The van der Waals surface area contributed by atoms with Crippen LogP contribution < -0.4 is 0 Å².